The van der Waals surface area contributed by atoms with Crippen LogP contribution in [0.2, 0.25) is 5.02 Å². The number of rotatable bonds is 15. The van der Waals surface area contributed by atoms with Crippen LogP contribution < -0.4 is 10.1 Å². The van der Waals surface area contributed by atoms with Crippen LogP contribution in [0.3, 0.4) is 0 Å². The van der Waals surface area contributed by atoms with Crippen LogP contribution >= 0.6 is 24.0 Å². The molecule has 4 aromatic carbocycles. The van der Waals surface area contributed by atoms with E-state index in [1.807, 2.05) is 84.9 Å². The summed E-state index contributed by atoms with van der Waals surface area (Å²) in [5, 5.41) is 11.4. The minimum Gasteiger partial charge on any atom is -0.494 e. The van der Waals surface area contributed by atoms with Gasteiger partial charge in [0.1, 0.15) is 5.75 Å². The van der Waals surface area contributed by atoms with Crippen molar-refractivity contribution in [2.45, 2.75) is 51.0 Å². The molecule has 46 heavy (non-hydrogen) atoms. The fourth-order valence-electron chi connectivity index (χ4n) is 5.60. The average molecular weight is 676 g/mol. The second-order valence-corrected chi connectivity index (χ2v) is 11.5. The minimum atomic E-state index is -4.57. The second kappa shape index (κ2) is 16.8. The number of aliphatic carboxylic acids is 1. The number of nitrogens with one attached hydrogen (secondary N) is 1. The average Bonchev–Trinajstić information content (AvgIpc) is 3.02. The smallest absolute Gasteiger partial charge is 0.417 e. The summed E-state index contributed by atoms with van der Waals surface area (Å²) in [6.07, 6.45) is -3.34. The molecule has 0 unspecified atom stereocenters. The Labute approximate surface area is 279 Å². The molecule has 5 nitrogen and oxygen atoms in total. The van der Waals surface area contributed by atoms with E-state index in [0.717, 1.165) is 22.8 Å². The maximum Gasteiger partial charge on any atom is 0.417 e. The highest BCUT2D eigenvalue weighted by molar-refractivity contribution is 6.32. The quantitative estimate of drug-likeness (QED) is 0.124. The van der Waals surface area contributed by atoms with Crippen molar-refractivity contribution in [3.05, 3.63) is 136 Å². The lowest BCUT2D eigenvalue weighted by Gasteiger charge is -2.46. The van der Waals surface area contributed by atoms with Gasteiger partial charge in [-0.15, -0.1) is 12.4 Å². The minimum absolute atomic E-state index is 0. The van der Waals surface area contributed by atoms with Gasteiger partial charge in [-0.1, -0.05) is 96.5 Å². The van der Waals surface area contributed by atoms with Gasteiger partial charge >= 0.3 is 12.1 Å². The van der Waals surface area contributed by atoms with Gasteiger partial charge in [0.25, 0.3) is 0 Å². The maximum absolute atomic E-state index is 13.8. The molecule has 0 aliphatic carbocycles. The molecule has 246 valence electrons. The van der Waals surface area contributed by atoms with Crippen LogP contribution in [-0.4, -0.2) is 41.7 Å². The third kappa shape index (κ3) is 9.48. The van der Waals surface area contributed by atoms with Gasteiger partial charge in [0.2, 0.25) is 0 Å². The highest BCUT2D eigenvalue weighted by Gasteiger charge is 2.40. The van der Waals surface area contributed by atoms with Gasteiger partial charge in [0.15, 0.2) is 0 Å². The Bertz CT molecular complexity index is 1500. The molecule has 0 saturated heterocycles. The molecule has 0 aromatic heterocycles. The zero-order valence-corrected chi connectivity index (χ0v) is 27.3. The number of carbonyl (C=O) groups is 1. The number of alkyl halides is 3. The topological polar surface area (TPSA) is 61.8 Å². The summed E-state index contributed by atoms with van der Waals surface area (Å²) >= 11 is 6.44. The fourth-order valence-corrected chi connectivity index (χ4v) is 5.90. The van der Waals surface area contributed by atoms with Crippen LogP contribution in [0, 0.1) is 0 Å². The first-order valence-corrected chi connectivity index (χ1v) is 15.2. The highest BCUT2D eigenvalue weighted by Crippen LogP contribution is 2.41. The molecule has 0 heterocycles. The number of carboxylic acid groups (broad SMARTS) is 1. The summed E-state index contributed by atoms with van der Waals surface area (Å²) in [4.78, 5) is 12.9. The molecule has 0 bridgehead atoms. The third-order valence-electron chi connectivity index (χ3n) is 8.07. The summed E-state index contributed by atoms with van der Waals surface area (Å²) in [6.45, 7) is 5.12. The molecular weight excluding hydrogens is 636 g/mol. The van der Waals surface area contributed by atoms with Crippen molar-refractivity contribution in [3.8, 4) is 5.75 Å². The summed E-state index contributed by atoms with van der Waals surface area (Å²) in [6, 6.07) is 31.5. The standard InChI is InChI=1S/C36H38ClF3N2O3.ClH/c1-26(20-22-45-31-17-9-11-27(23-31)19-21-41-24-33(43)44)42(25-28-12-10-18-32(34(28)37)36(38,39)40)35(2,29-13-5-3-6-14-29)30-15-7-4-8-16-30;/h3-18,23,26,41H,19-22,24-25H2,1-2H3,(H,43,44);1H/t26-;/m1./s1. The van der Waals surface area contributed by atoms with E-state index >= 15 is 0 Å². The van der Waals surface area contributed by atoms with Crippen molar-refractivity contribution in [3.63, 3.8) is 0 Å². The lowest BCUT2D eigenvalue weighted by Crippen LogP contribution is -2.49. The van der Waals surface area contributed by atoms with Crippen molar-refractivity contribution in [1.29, 1.82) is 0 Å². The molecule has 0 radical (unpaired) electrons. The normalized spacial score (nSPS) is 12.4. The molecule has 2 N–H and O–H groups in total. The number of ether oxygens (including phenoxy) is 1. The molecule has 1 atom stereocenters. The van der Waals surface area contributed by atoms with Gasteiger partial charge in [-0.25, -0.2) is 0 Å². The predicted octanol–water partition coefficient (Wildman–Crippen LogP) is 8.62. The van der Waals surface area contributed by atoms with Crippen LogP contribution in [0.1, 0.15) is 48.1 Å². The second-order valence-electron chi connectivity index (χ2n) is 11.2. The van der Waals surface area contributed by atoms with Crippen molar-refractivity contribution < 1.29 is 27.8 Å². The number of benzene rings is 4. The Morgan fingerprint density at radius 3 is 2.13 bits per heavy atom. The van der Waals surface area contributed by atoms with E-state index in [1.54, 1.807) is 6.07 Å². The van der Waals surface area contributed by atoms with E-state index in [0.29, 0.717) is 37.3 Å². The summed E-state index contributed by atoms with van der Waals surface area (Å²) < 4.78 is 47.6. The van der Waals surface area contributed by atoms with E-state index in [4.69, 9.17) is 21.4 Å². The van der Waals surface area contributed by atoms with Crippen molar-refractivity contribution in [1.82, 2.24) is 10.2 Å². The van der Waals surface area contributed by atoms with E-state index in [9.17, 15) is 18.0 Å². The Hall–Kier alpha value is -3.56. The molecule has 4 rings (SSSR count). The zero-order chi connectivity index (χ0) is 32.5. The number of nitrogens with zero attached hydrogens (tertiary/aromatic N) is 1. The molecule has 0 fully saturated rings. The highest BCUT2D eigenvalue weighted by atomic mass is 35.5. The first-order chi connectivity index (χ1) is 21.5. The van der Waals surface area contributed by atoms with Gasteiger partial charge in [-0.3, -0.25) is 9.69 Å². The van der Waals surface area contributed by atoms with Crippen molar-refractivity contribution in [2.75, 3.05) is 19.7 Å². The summed E-state index contributed by atoms with van der Waals surface area (Å²) in [5.41, 5.74) is 1.83. The van der Waals surface area contributed by atoms with Crippen LogP contribution in [0.4, 0.5) is 13.2 Å². The van der Waals surface area contributed by atoms with E-state index in [1.165, 1.54) is 6.07 Å². The number of carboxylic acids is 1. The Balaban J connectivity index is 0.00000576. The lowest BCUT2D eigenvalue weighted by molar-refractivity contribution is -0.138. The van der Waals surface area contributed by atoms with E-state index in [-0.39, 0.29) is 36.6 Å². The van der Waals surface area contributed by atoms with Crippen LogP contribution in [0.25, 0.3) is 0 Å². The summed E-state index contributed by atoms with van der Waals surface area (Å²) in [7, 11) is 0. The van der Waals surface area contributed by atoms with Gasteiger partial charge in [-0.2, -0.15) is 13.2 Å². The molecule has 0 aliphatic rings. The van der Waals surface area contributed by atoms with Gasteiger partial charge in [0.05, 0.1) is 29.3 Å². The Morgan fingerprint density at radius 1 is 0.935 bits per heavy atom. The lowest BCUT2D eigenvalue weighted by atomic mass is 9.81. The number of hydrogen-bond donors (Lipinski definition) is 2. The van der Waals surface area contributed by atoms with E-state index < -0.39 is 23.2 Å². The van der Waals surface area contributed by atoms with Gasteiger partial charge in [0, 0.05) is 12.6 Å². The SMILES string of the molecule is C[C@H](CCOc1cccc(CCNCC(=O)O)c1)N(Cc1cccc(C(F)(F)F)c1Cl)C(C)(c1ccccc1)c1ccccc1.Cl. The van der Waals surface area contributed by atoms with Crippen LogP contribution in [-0.2, 0) is 29.5 Å². The van der Waals surface area contributed by atoms with Gasteiger partial charge in [-0.05, 0) is 73.7 Å². The molecule has 0 saturated carbocycles. The predicted molar refractivity (Wildman–Crippen MR) is 179 cm³/mol. The Morgan fingerprint density at radius 2 is 1.54 bits per heavy atom. The van der Waals surface area contributed by atoms with Crippen molar-refractivity contribution in [2.24, 2.45) is 0 Å². The molecular formula is C36H39Cl2F3N2O3. The number of halogens is 5. The first kappa shape index (κ1) is 36.9. The van der Waals surface area contributed by atoms with Gasteiger partial charge < -0.3 is 15.2 Å². The van der Waals surface area contributed by atoms with Crippen LogP contribution in [0.15, 0.2) is 103 Å². The molecule has 0 amide bonds. The molecule has 4 aromatic rings. The largest absolute Gasteiger partial charge is 0.494 e. The molecule has 10 heteroatoms. The number of hydrogen-bond acceptors (Lipinski definition) is 4. The summed E-state index contributed by atoms with van der Waals surface area (Å²) in [5.74, 6) is -0.208. The molecule has 0 aliphatic heterocycles. The monoisotopic (exact) mass is 674 g/mol. The molecule has 0 spiro atoms. The Kier molecular flexibility index (Phi) is 13.5. The van der Waals surface area contributed by atoms with Crippen molar-refractivity contribution >= 4 is 30.0 Å². The zero-order valence-electron chi connectivity index (χ0n) is 25.8. The maximum atomic E-state index is 13.8. The first-order valence-electron chi connectivity index (χ1n) is 14.9. The third-order valence-corrected chi connectivity index (χ3v) is 8.52. The van der Waals surface area contributed by atoms with Crippen LogP contribution in [0.5, 0.6) is 5.75 Å². The fraction of sp³-hybridized carbons (Fsp3) is 0.306. The van der Waals surface area contributed by atoms with E-state index in [2.05, 4.69) is 24.1 Å².